The summed E-state index contributed by atoms with van der Waals surface area (Å²) >= 11 is 0. The summed E-state index contributed by atoms with van der Waals surface area (Å²) in [5.74, 6) is -0.837. The first-order valence-electron chi connectivity index (χ1n) is 10.3. The van der Waals surface area contributed by atoms with Gasteiger partial charge in [0.15, 0.2) is 11.5 Å². The van der Waals surface area contributed by atoms with E-state index in [1.807, 2.05) is 0 Å². The molecule has 1 aliphatic heterocycles. The van der Waals surface area contributed by atoms with Crippen LogP contribution in [0.3, 0.4) is 0 Å². The van der Waals surface area contributed by atoms with Crippen LogP contribution in [0, 0.1) is 5.92 Å². The topological polar surface area (TPSA) is 140 Å². The van der Waals surface area contributed by atoms with Crippen LogP contribution < -0.4 is 30.7 Å². The van der Waals surface area contributed by atoms with Gasteiger partial charge in [-0.1, -0.05) is 12.1 Å². The van der Waals surface area contributed by atoms with Gasteiger partial charge in [0.25, 0.3) is 5.91 Å². The molecule has 2 aromatic carbocycles. The van der Waals surface area contributed by atoms with E-state index in [4.69, 9.17) is 15.2 Å². The largest absolute Gasteiger partial charge is 0.493 e. The average molecular weight is 454 g/mol. The van der Waals surface area contributed by atoms with Gasteiger partial charge >= 0.3 is 0 Å². The average Bonchev–Trinajstić information content (AvgIpc) is 3.22. The summed E-state index contributed by atoms with van der Waals surface area (Å²) in [6, 6.07) is 11.8. The molecule has 1 atom stereocenters. The second kappa shape index (κ2) is 10.5. The van der Waals surface area contributed by atoms with Gasteiger partial charge in [-0.15, -0.1) is 0 Å². The molecular formula is C23H26N4O6. The number of nitrogens with two attached hydrogens (primary N) is 1. The lowest BCUT2D eigenvalue weighted by molar-refractivity contribution is -0.126. The molecule has 1 saturated heterocycles. The highest BCUT2D eigenvalue weighted by molar-refractivity contribution is 6.00. The molecule has 1 unspecified atom stereocenters. The van der Waals surface area contributed by atoms with Crippen molar-refractivity contribution in [3.05, 3.63) is 53.6 Å². The molecule has 0 spiro atoms. The maximum atomic E-state index is 12.6. The van der Waals surface area contributed by atoms with E-state index in [0.717, 1.165) is 5.56 Å². The number of carbonyl (C=O) groups is 4. The predicted molar refractivity (Wildman–Crippen MR) is 120 cm³/mol. The minimum Gasteiger partial charge on any atom is -0.493 e. The smallest absolute Gasteiger partial charge is 0.251 e. The van der Waals surface area contributed by atoms with Crippen molar-refractivity contribution in [3.63, 3.8) is 0 Å². The van der Waals surface area contributed by atoms with Crippen LogP contribution in [-0.4, -0.2) is 50.9 Å². The number of hydrogen-bond donors (Lipinski definition) is 3. The monoisotopic (exact) mass is 454 g/mol. The van der Waals surface area contributed by atoms with Crippen LogP contribution in [0.1, 0.15) is 22.3 Å². The Hall–Kier alpha value is -4.08. The van der Waals surface area contributed by atoms with Crippen LogP contribution in [-0.2, 0) is 20.9 Å². The third-order valence-electron chi connectivity index (χ3n) is 5.28. The van der Waals surface area contributed by atoms with Gasteiger partial charge in [0, 0.05) is 36.8 Å². The number of carbonyl (C=O) groups excluding carboxylic acids is 4. The van der Waals surface area contributed by atoms with Gasteiger partial charge in [0.1, 0.15) is 0 Å². The first-order valence-corrected chi connectivity index (χ1v) is 10.3. The Morgan fingerprint density at radius 1 is 1.03 bits per heavy atom. The van der Waals surface area contributed by atoms with E-state index in [0.29, 0.717) is 22.7 Å². The molecule has 0 aliphatic carbocycles. The number of amides is 4. The molecule has 1 fully saturated rings. The molecule has 10 heteroatoms. The van der Waals surface area contributed by atoms with Crippen LogP contribution >= 0.6 is 0 Å². The van der Waals surface area contributed by atoms with Crippen LogP contribution in [0.4, 0.5) is 5.69 Å². The zero-order valence-electron chi connectivity index (χ0n) is 18.4. The van der Waals surface area contributed by atoms with Crippen molar-refractivity contribution in [2.45, 2.75) is 13.0 Å². The third kappa shape index (κ3) is 5.79. The number of anilines is 1. The number of ether oxygens (including phenoxy) is 2. The molecule has 1 aliphatic rings. The second-order valence-corrected chi connectivity index (χ2v) is 7.51. The zero-order valence-corrected chi connectivity index (χ0v) is 18.4. The molecule has 0 radical (unpaired) electrons. The maximum absolute atomic E-state index is 12.6. The number of hydrogen-bond acceptors (Lipinski definition) is 6. The van der Waals surface area contributed by atoms with E-state index in [1.165, 1.54) is 14.2 Å². The molecule has 0 bridgehead atoms. The lowest BCUT2D eigenvalue weighted by atomic mass is 10.1. The van der Waals surface area contributed by atoms with Crippen LogP contribution in [0.15, 0.2) is 42.5 Å². The van der Waals surface area contributed by atoms with Crippen molar-refractivity contribution < 1.29 is 28.7 Å². The fourth-order valence-electron chi connectivity index (χ4n) is 3.50. The molecule has 174 valence electrons. The summed E-state index contributed by atoms with van der Waals surface area (Å²) in [6.45, 7) is 0.277. The van der Waals surface area contributed by atoms with Crippen molar-refractivity contribution in [2.24, 2.45) is 11.7 Å². The number of methoxy groups -OCH3 is 2. The molecule has 1 heterocycles. The molecule has 0 aromatic heterocycles. The van der Waals surface area contributed by atoms with E-state index < -0.39 is 17.7 Å². The number of primary amides is 1. The van der Waals surface area contributed by atoms with Crippen molar-refractivity contribution in [1.29, 1.82) is 0 Å². The van der Waals surface area contributed by atoms with Crippen molar-refractivity contribution in [3.8, 4) is 11.5 Å². The predicted octanol–water partition coefficient (Wildman–Crippen LogP) is 0.588. The highest BCUT2D eigenvalue weighted by Crippen LogP contribution is 2.34. The van der Waals surface area contributed by atoms with Gasteiger partial charge < -0.3 is 30.7 Å². The number of rotatable bonds is 9. The fourth-order valence-corrected chi connectivity index (χ4v) is 3.50. The Morgan fingerprint density at radius 3 is 2.36 bits per heavy atom. The van der Waals surface area contributed by atoms with Crippen LogP contribution in [0.25, 0.3) is 0 Å². The molecule has 3 rings (SSSR count). The molecule has 10 nitrogen and oxygen atoms in total. The summed E-state index contributed by atoms with van der Waals surface area (Å²) in [5, 5.41) is 5.24. The van der Waals surface area contributed by atoms with Crippen LogP contribution in [0.2, 0.25) is 0 Å². The highest BCUT2D eigenvalue weighted by Gasteiger charge is 2.35. The Morgan fingerprint density at radius 2 is 1.73 bits per heavy atom. The first kappa shape index (κ1) is 23.6. The van der Waals surface area contributed by atoms with Crippen molar-refractivity contribution >= 4 is 29.3 Å². The van der Waals surface area contributed by atoms with E-state index in [-0.39, 0.29) is 37.9 Å². The van der Waals surface area contributed by atoms with Gasteiger partial charge in [-0.05, 0) is 29.8 Å². The van der Waals surface area contributed by atoms with Crippen molar-refractivity contribution in [1.82, 2.24) is 10.6 Å². The minimum absolute atomic E-state index is 0.110. The SMILES string of the molecule is COc1ccc(N2CC(C(=O)NCc3ccc(C(=O)NCC(N)=O)cc3)CC2=O)cc1OC. The lowest BCUT2D eigenvalue weighted by Crippen LogP contribution is -2.33. The Kier molecular flexibility index (Phi) is 7.50. The molecule has 33 heavy (non-hydrogen) atoms. The van der Waals surface area contributed by atoms with E-state index in [2.05, 4.69) is 10.6 Å². The van der Waals surface area contributed by atoms with Gasteiger partial charge in [0.05, 0.1) is 26.7 Å². The molecule has 0 saturated carbocycles. The van der Waals surface area contributed by atoms with Gasteiger partial charge in [-0.25, -0.2) is 0 Å². The number of nitrogens with one attached hydrogen (secondary N) is 2. The van der Waals surface area contributed by atoms with E-state index in [9.17, 15) is 19.2 Å². The number of benzene rings is 2. The van der Waals surface area contributed by atoms with E-state index in [1.54, 1.807) is 47.4 Å². The molecule has 4 amide bonds. The summed E-state index contributed by atoms with van der Waals surface area (Å²) in [5.41, 5.74) is 6.81. The quantitative estimate of drug-likeness (QED) is 0.507. The van der Waals surface area contributed by atoms with Crippen molar-refractivity contribution in [2.75, 3.05) is 32.2 Å². The van der Waals surface area contributed by atoms with Gasteiger partial charge in [-0.2, -0.15) is 0 Å². The van der Waals surface area contributed by atoms with Gasteiger partial charge in [0.2, 0.25) is 17.7 Å². The Labute approximate surface area is 191 Å². The molecule has 2 aromatic rings. The molecular weight excluding hydrogens is 428 g/mol. The third-order valence-corrected chi connectivity index (χ3v) is 5.28. The normalized spacial score (nSPS) is 15.2. The second-order valence-electron chi connectivity index (χ2n) is 7.51. The Bertz CT molecular complexity index is 1050. The number of nitrogens with zero attached hydrogens (tertiary/aromatic N) is 1. The summed E-state index contributed by atoms with van der Waals surface area (Å²) in [6.07, 6.45) is 0.110. The summed E-state index contributed by atoms with van der Waals surface area (Å²) in [7, 11) is 3.05. The van der Waals surface area contributed by atoms with Crippen LogP contribution in [0.5, 0.6) is 11.5 Å². The minimum atomic E-state index is -0.627. The first-order chi connectivity index (χ1) is 15.8. The van der Waals surface area contributed by atoms with Gasteiger partial charge in [-0.3, -0.25) is 19.2 Å². The molecule has 4 N–H and O–H groups in total. The summed E-state index contributed by atoms with van der Waals surface area (Å²) in [4.78, 5) is 49.4. The zero-order chi connectivity index (χ0) is 24.0. The maximum Gasteiger partial charge on any atom is 0.251 e. The highest BCUT2D eigenvalue weighted by atomic mass is 16.5. The lowest BCUT2D eigenvalue weighted by Gasteiger charge is -2.18. The van der Waals surface area contributed by atoms with E-state index >= 15 is 0 Å². The Balaban J connectivity index is 1.56. The fraction of sp³-hybridized carbons (Fsp3) is 0.304. The standard InChI is InChI=1S/C23H26N4O6/c1-32-18-8-7-17(10-19(18)33-2)27-13-16(9-21(27)29)23(31)25-11-14-3-5-15(6-4-14)22(30)26-12-20(24)28/h3-8,10,16H,9,11-13H2,1-2H3,(H2,24,28)(H,25,31)(H,26,30). The summed E-state index contributed by atoms with van der Waals surface area (Å²) < 4.78 is 10.5.